The lowest BCUT2D eigenvalue weighted by Crippen LogP contribution is -2.31. The Bertz CT molecular complexity index is 581. The van der Waals surface area contributed by atoms with Gasteiger partial charge in [0.05, 0.1) is 10.5 Å². The van der Waals surface area contributed by atoms with Crippen LogP contribution in [0.1, 0.15) is 37.6 Å². The summed E-state index contributed by atoms with van der Waals surface area (Å²) < 4.78 is 0.595. The van der Waals surface area contributed by atoms with Gasteiger partial charge in [-0.3, -0.25) is 14.9 Å². The van der Waals surface area contributed by atoms with Crippen LogP contribution in [0.3, 0.4) is 0 Å². The van der Waals surface area contributed by atoms with Gasteiger partial charge in [0.15, 0.2) is 0 Å². The maximum absolute atomic E-state index is 12.6. The molecule has 2 rings (SSSR count). The summed E-state index contributed by atoms with van der Waals surface area (Å²) >= 11 is 3.31. The molecule has 0 aromatic heterocycles. The Balaban J connectivity index is 2.22. The monoisotopic (exact) mass is 354 g/mol. The smallest absolute Gasteiger partial charge is 0.270 e. The Morgan fingerprint density at radius 3 is 2.62 bits per heavy atom. The van der Waals surface area contributed by atoms with E-state index in [-0.39, 0.29) is 17.0 Å². The predicted octanol–water partition coefficient (Wildman–Crippen LogP) is 3.87. The molecule has 1 aromatic carbocycles. The highest BCUT2D eigenvalue weighted by Crippen LogP contribution is 2.35. The van der Waals surface area contributed by atoms with Crippen molar-refractivity contribution in [2.45, 2.75) is 27.2 Å². The summed E-state index contributed by atoms with van der Waals surface area (Å²) in [6.07, 6.45) is 0.974. The van der Waals surface area contributed by atoms with Gasteiger partial charge in [0.25, 0.3) is 11.6 Å². The van der Waals surface area contributed by atoms with E-state index in [9.17, 15) is 14.9 Å². The van der Waals surface area contributed by atoms with Crippen LogP contribution in [0.2, 0.25) is 0 Å². The molecule has 0 radical (unpaired) electrons. The summed E-state index contributed by atoms with van der Waals surface area (Å²) in [4.78, 5) is 24.8. The molecule has 1 aliphatic heterocycles. The summed E-state index contributed by atoms with van der Waals surface area (Å²) in [5.41, 5.74) is 0.460. The van der Waals surface area contributed by atoms with Crippen molar-refractivity contribution in [2.75, 3.05) is 13.1 Å². The number of nitrogens with zero attached hydrogens (tertiary/aromatic N) is 2. The van der Waals surface area contributed by atoms with Crippen LogP contribution in [0.15, 0.2) is 22.7 Å². The molecule has 5 nitrogen and oxygen atoms in total. The van der Waals surface area contributed by atoms with Gasteiger partial charge in [0.2, 0.25) is 0 Å². The van der Waals surface area contributed by atoms with Crippen molar-refractivity contribution in [3.8, 4) is 0 Å². The Labute approximate surface area is 132 Å². The molecule has 1 amide bonds. The molecule has 0 spiro atoms. The lowest BCUT2D eigenvalue weighted by Gasteiger charge is -2.27. The Morgan fingerprint density at radius 1 is 1.43 bits per heavy atom. The van der Waals surface area contributed by atoms with Crippen molar-refractivity contribution >= 4 is 27.5 Å². The molecule has 1 saturated heterocycles. The Kier molecular flexibility index (Phi) is 4.37. The van der Waals surface area contributed by atoms with Gasteiger partial charge < -0.3 is 4.90 Å². The number of likely N-dealkylation sites (tertiary alicyclic amines) is 1. The zero-order chi connectivity index (χ0) is 15.8. The third kappa shape index (κ3) is 3.43. The van der Waals surface area contributed by atoms with Crippen LogP contribution < -0.4 is 0 Å². The third-order valence-corrected chi connectivity index (χ3v) is 4.78. The number of carbonyl (C=O) groups is 1. The van der Waals surface area contributed by atoms with Crippen LogP contribution in [0.25, 0.3) is 0 Å². The van der Waals surface area contributed by atoms with Crippen molar-refractivity contribution < 1.29 is 9.72 Å². The highest BCUT2D eigenvalue weighted by atomic mass is 79.9. The number of non-ortho nitro benzene ring substituents is 1. The van der Waals surface area contributed by atoms with E-state index in [2.05, 4.69) is 36.7 Å². The normalized spacial score (nSPS) is 18.9. The van der Waals surface area contributed by atoms with Crippen LogP contribution in [-0.2, 0) is 0 Å². The summed E-state index contributed by atoms with van der Waals surface area (Å²) in [5, 5.41) is 10.9. The first-order valence-corrected chi connectivity index (χ1v) is 7.72. The minimum Gasteiger partial charge on any atom is -0.338 e. The molecule has 0 aliphatic carbocycles. The van der Waals surface area contributed by atoms with Crippen molar-refractivity contribution in [1.29, 1.82) is 0 Å². The fraction of sp³-hybridized carbons (Fsp3) is 0.533. The van der Waals surface area contributed by atoms with E-state index in [1.54, 1.807) is 11.0 Å². The molecule has 1 aromatic rings. The number of rotatable bonds is 2. The number of nitro benzene ring substituents is 1. The minimum atomic E-state index is -0.481. The first kappa shape index (κ1) is 15.9. The first-order valence-electron chi connectivity index (χ1n) is 6.93. The highest BCUT2D eigenvalue weighted by molar-refractivity contribution is 9.10. The quantitative estimate of drug-likeness (QED) is 0.598. The molecule has 1 aliphatic rings. The van der Waals surface area contributed by atoms with Crippen LogP contribution in [0, 0.1) is 21.4 Å². The molecule has 114 valence electrons. The summed E-state index contributed by atoms with van der Waals surface area (Å²) in [6, 6.07) is 4.29. The predicted molar refractivity (Wildman–Crippen MR) is 84.3 cm³/mol. The topological polar surface area (TPSA) is 63.5 Å². The van der Waals surface area contributed by atoms with E-state index in [1.165, 1.54) is 12.1 Å². The molecule has 21 heavy (non-hydrogen) atoms. The van der Waals surface area contributed by atoms with Crippen LogP contribution in [0.5, 0.6) is 0 Å². The average molecular weight is 355 g/mol. The molecule has 1 heterocycles. The van der Waals surface area contributed by atoms with Gasteiger partial charge in [-0.05, 0) is 39.8 Å². The van der Waals surface area contributed by atoms with E-state index in [1.807, 2.05) is 0 Å². The van der Waals surface area contributed by atoms with E-state index < -0.39 is 4.92 Å². The average Bonchev–Trinajstić information content (AvgIpc) is 2.87. The van der Waals surface area contributed by atoms with Crippen LogP contribution in [0.4, 0.5) is 5.69 Å². The van der Waals surface area contributed by atoms with Crippen LogP contribution in [-0.4, -0.2) is 28.8 Å². The van der Waals surface area contributed by atoms with Gasteiger partial charge in [-0.15, -0.1) is 0 Å². The second-order valence-electron chi connectivity index (χ2n) is 6.52. The Hall–Kier alpha value is -1.43. The molecule has 0 bridgehead atoms. The van der Waals surface area contributed by atoms with Gasteiger partial charge >= 0.3 is 0 Å². The number of carbonyl (C=O) groups excluding carboxylic acids is 1. The van der Waals surface area contributed by atoms with Crippen LogP contribution >= 0.6 is 15.9 Å². The van der Waals surface area contributed by atoms with E-state index in [0.29, 0.717) is 29.0 Å². The number of nitro groups is 1. The number of amides is 1. The van der Waals surface area contributed by atoms with Crippen molar-refractivity contribution in [2.24, 2.45) is 11.3 Å². The molecule has 0 saturated carbocycles. The standard InChI is InChI=1S/C15H19BrN2O3/c1-15(2,3)10-6-7-17(9-10)14(19)12-8-11(18(20)21)4-5-13(12)16/h4-5,8,10H,6-7,9H2,1-3H3. The molecule has 0 N–H and O–H groups in total. The lowest BCUT2D eigenvalue weighted by atomic mass is 9.80. The molecule has 1 fully saturated rings. The van der Waals surface area contributed by atoms with Gasteiger partial charge in [0, 0.05) is 29.7 Å². The maximum atomic E-state index is 12.6. The molecular formula is C15H19BrN2O3. The Morgan fingerprint density at radius 2 is 2.10 bits per heavy atom. The zero-order valence-electron chi connectivity index (χ0n) is 12.4. The van der Waals surface area contributed by atoms with Gasteiger partial charge in [-0.25, -0.2) is 0 Å². The number of benzene rings is 1. The fourth-order valence-electron chi connectivity index (χ4n) is 2.61. The molecule has 1 atom stereocenters. The highest BCUT2D eigenvalue weighted by Gasteiger charge is 2.34. The van der Waals surface area contributed by atoms with E-state index >= 15 is 0 Å². The second-order valence-corrected chi connectivity index (χ2v) is 7.38. The zero-order valence-corrected chi connectivity index (χ0v) is 14.0. The van der Waals surface area contributed by atoms with E-state index in [4.69, 9.17) is 0 Å². The number of halogens is 1. The minimum absolute atomic E-state index is 0.0619. The molecular weight excluding hydrogens is 336 g/mol. The van der Waals surface area contributed by atoms with Crippen molar-refractivity contribution in [3.63, 3.8) is 0 Å². The van der Waals surface area contributed by atoms with Gasteiger partial charge in [-0.1, -0.05) is 20.8 Å². The largest absolute Gasteiger partial charge is 0.338 e. The SMILES string of the molecule is CC(C)(C)C1CCN(C(=O)c2cc([N+](=O)[O-])ccc2Br)C1. The fourth-order valence-corrected chi connectivity index (χ4v) is 3.03. The maximum Gasteiger partial charge on any atom is 0.270 e. The lowest BCUT2D eigenvalue weighted by molar-refractivity contribution is -0.384. The molecule has 6 heteroatoms. The number of hydrogen-bond donors (Lipinski definition) is 0. The second kappa shape index (κ2) is 5.75. The van der Waals surface area contributed by atoms with Crippen molar-refractivity contribution in [1.82, 2.24) is 4.90 Å². The third-order valence-electron chi connectivity index (χ3n) is 4.09. The number of hydrogen-bond acceptors (Lipinski definition) is 3. The van der Waals surface area contributed by atoms with Gasteiger partial charge in [-0.2, -0.15) is 0 Å². The van der Waals surface area contributed by atoms with Gasteiger partial charge in [0.1, 0.15) is 0 Å². The van der Waals surface area contributed by atoms with Crippen molar-refractivity contribution in [3.05, 3.63) is 38.3 Å². The summed E-state index contributed by atoms with van der Waals surface area (Å²) in [7, 11) is 0. The summed E-state index contributed by atoms with van der Waals surface area (Å²) in [6.45, 7) is 7.94. The molecule has 1 unspecified atom stereocenters. The first-order chi connectivity index (χ1) is 9.70. The van der Waals surface area contributed by atoms with E-state index in [0.717, 1.165) is 6.42 Å². The summed E-state index contributed by atoms with van der Waals surface area (Å²) in [5.74, 6) is 0.316.